The van der Waals surface area contributed by atoms with Gasteiger partial charge in [0.25, 0.3) is 0 Å². The molecule has 0 saturated heterocycles. The molecule has 4 fully saturated rings. The van der Waals surface area contributed by atoms with Gasteiger partial charge in [-0.25, -0.2) is 0 Å². The minimum absolute atomic E-state index is 0.153. The first-order chi connectivity index (χ1) is 12.6. The monoisotopic (exact) mass is 351 g/mol. The maximum atomic E-state index is 13.3. The number of methoxy groups -OCH3 is 1. The van der Waals surface area contributed by atoms with Crippen LogP contribution >= 0.6 is 0 Å². The molecule has 0 atom stereocenters. The van der Waals surface area contributed by atoms with E-state index in [1.807, 2.05) is 30.3 Å². The smallest absolute Gasteiger partial charge is 0.230 e. The number of rotatable bonds is 4. The molecule has 1 aromatic heterocycles. The molecule has 1 heterocycles. The van der Waals surface area contributed by atoms with E-state index < -0.39 is 0 Å². The molecular weight excluding hydrogens is 326 g/mol. The first-order valence-electron chi connectivity index (χ1n) is 9.68. The summed E-state index contributed by atoms with van der Waals surface area (Å²) >= 11 is 0. The van der Waals surface area contributed by atoms with Crippen molar-refractivity contribution in [2.75, 3.05) is 12.4 Å². The molecule has 4 saturated carbocycles. The Morgan fingerprint density at radius 2 is 1.81 bits per heavy atom. The Balaban J connectivity index is 1.40. The molecule has 136 valence electrons. The Morgan fingerprint density at radius 3 is 2.38 bits per heavy atom. The van der Waals surface area contributed by atoms with E-state index >= 15 is 0 Å². The lowest BCUT2D eigenvalue weighted by atomic mass is 9.49. The maximum Gasteiger partial charge on any atom is 0.230 e. The lowest BCUT2D eigenvalue weighted by Crippen LogP contribution is -2.51. The van der Waals surface area contributed by atoms with Crippen LogP contribution in [0.2, 0.25) is 0 Å². The van der Waals surface area contributed by atoms with Crippen LogP contribution < -0.4 is 10.1 Å². The van der Waals surface area contributed by atoms with Gasteiger partial charge in [0, 0.05) is 5.56 Å². The summed E-state index contributed by atoms with van der Waals surface area (Å²) in [6.07, 6.45) is 8.88. The number of furan rings is 1. The summed E-state index contributed by atoms with van der Waals surface area (Å²) in [4.78, 5) is 13.3. The van der Waals surface area contributed by atoms with E-state index in [1.165, 1.54) is 19.3 Å². The number of hydrogen-bond acceptors (Lipinski definition) is 3. The molecule has 2 aromatic rings. The van der Waals surface area contributed by atoms with E-state index in [4.69, 9.17) is 9.15 Å². The van der Waals surface area contributed by atoms with Crippen LogP contribution in [-0.4, -0.2) is 13.0 Å². The highest BCUT2D eigenvalue weighted by Gasteiger charge is 2.54. The van der Waals surface area contributed by atoms with Gasteiger partial charge in [-0.2, -0.15) is 0 Å². The van der Waals surface area contributed by atoms with Gasteiger partial charge in [-0.3, -0.25) is 4.79 Å². The van der Waals surface area contributed by atoms with Crippen LogP contribution in [0.4, 0.5) is 5.69 Å². The predicted molar refractivity (Wildman–Crippen MR) is 99.9 cm³/mol. The normalized spacial score (nSPS) is 31.8. The molecule has 4 aliphatic rings. The molecule has 0 unspecified atom stereocenters. The zero-order chi connectivity index (χ0) is 17.7. The third-order valence-electron chi connectivity index (χ3n) is 6.78. The van der Waals surface area contributed by atoms with Gasteiger partial charge < -0.3 is 14.5 Å². The minimum Gasteiger partial charge on any atom is -0.495 e. The van der Waals surface area contributed by atoms with Gasteiger partial charge in [0.05, 0.1) is 24.5 Å². The summed E-state index contributed by atoms with van der Waals surface area (Å²) in [5.41, 5.74) is 1.54. The summed E-state index contributed by atoms with van der Waals surface area (Å²) in [7, 11) is 1.64. The summed E-state index contributed by atoms with van der Waals surface area (Å²) < 4.78 is 11.0. The standard InChI is InChI=1S/C22H25NO3/c1-25-20-10-17(19-3-2-6-26-19)4-5-18(20)23-21(24)22-11-14-7-15(12-22)9-16(8-14)13-22/h2-6,10,14-16H,7-9,11-13H2,1H3,(H,23,24). The fraction of sp³-hybridized carbons (Fsp3) is 0.500. The second kappa shape index (κ2) is 5.90. The van der Waals surface area contributed by atoms with Crippen molar-refractivity contribution in [3.8, 4) is 17.1 Å². The number of benzene rings is 1. The molecule has 0 radical (unpaired) electrons. The number of amides is 1. The van der Waals surface area contributed by atoms with Gasteiger partial charge in [0.2, 0.25) is 5.91 Å². The van der Waals surface area contributed by atoms with E-state index in [9.17, 15) is 4.79 Å². The minimum atomic E-state index is -0.153. The molecule has 0 aliphatic heterocycles. The van der Waals surface area contributed by atoms with Gasteiger partial charge in [-0.15, -0.1) is 0 Å². The van der Waals surface area contributed by atoms with E-state index in [0.29, 0.717) is 5.75 Å². The van der Waals surface area contributed by atoms with Crippen molar-refractivity contribution in [1.82, 2.24) is 0 Å². The fourth-order valence-electron chi connectivity index (χ4n) is 6.03. The van der Waals surface area contributed by atoms with E-state index in [0.717, 1.165) is 54.0 Å². The number of hydrogen-bond donors (Lipinski definition) is 1. The van der Waals surface area contributed by atoms with Crippen LogP contribution in [0.25, 0.3) is 11.3 Å². The average molecular weight is 351 g/mol. The molecular formula is C22H25NO3. The summed E-state index contributed by atoms with van der Waals surface area (Å²) in [6.45, 7) is 0. The van der Waals surface area contributed by atoms with Crippen molar-refractivity contribution < 1.29 is 13.9 Å². The lowest BCUT2D eigenvalue weighted by molar-refractivity contribution is -0.140. The Kier molecular flexibility index (Phi) is 3.63. The number of carbonyl (C=O) groups is 1. The zero-order valence-corrected chi connectivity index (χ0v) is 15.2. The SMILES string of the molecule is COc1cc(-c2ccco2)ccc1NC(=O)C12CC3CC(CC(C3)C1)C2. The Hall–Kier alpha value is -2.23. The molecule has 4 heteroatoms. The van der Waals surface area contributed by atoms with Crippen molar-refractivity contribution in [3.63, 3.8) is 0 Å². The largest absolute Gasteiger partial charge is 0.495 e. The number of carbonyl (C=O) groups excluding carboxylic acids is 1. The van der Waals surface area contributed by atoms with Crippen LogP contribution in [-0.2, 0) is 4.79 Å². The van der Waals surface area contributed by atoms with Crippen molar-refractivity contribution in [2.24, 2.45) is 23.2 Å². The van der Waals surface area contributed by atoms with Crippen molar-refractivity contribution in [1.29, 1.82) is 0 Å². The highest BCUT2D eigenvalue weighted by Crippen LogP contribution is 2.60. The second-order valence-electron chi connectivity index (χ2n) is 8.54. The van der Waals surface area contributed by atoms with E-state index in [1.54, 1.807) is 13.4 Å². The molecule has 4 aliphatic carbocycles. The van der Waals surface area contributed by atoms with E-state index in [-0.39, 0.29) is 11.3 Å². The highest BCUT2D eigenvalue weighted by molar-refractivity contribution is 5.97. The molecule has 4 bridgehead atoms. The van der Waals surface area contributed by atoms with Crippen molar-refractivity contribution in [3.05, 3.63) is 36.6 Å². The Morgan fingerprint density at radius 1 is 1.12 bits per heavy atom. The molecule has 4 nitrogen and oxygen atoms in total. The van der Waals surface area contributed by atoms with Gasteiger partial charge >= 0.3 is 0 Å². The Labute approximate surface area is 153 Å². The quantitative estimate of drug-likeness (QED) is 0.833. The van der Waals surface area contributed by atoms with Crippen molar-refractivity contribution >= 4 is 11.6 Å². The third-order valence-corrected chi connectivity index (χ3v) is 6.78. The number of nitrogens with one attached hydrogen (secondary N) is 1. The molecule has 1 amide bonds. The summed E-state index contributed by atoms with van der Waals surface area (Å²) in [6, 6.07) is 9.60. The van der Waals surface area contributed by atoms with Gasteiger partial charge in [0.1, 0.15) is 11.5 Å². The highest BCUT2D eigenvalue weighted by atomic mass is 16.5. The topological polar surface area (TPSA) is 51.5 Å². The van der Waals surface area contributed by atoms with Gasteiger partial charge in [-0.05, 0) is 86.6 Å². The average Bonchev–Trinajstić information content (AvgIpc) is 3.15. The lowest BCUT2D eigenvalue weighted by Gasteiger charge is -2.55. The van der Waals surface area contributed by atoms with Crippen molar-refractivity contribution in [2.45, 2.75) is 38.5 Å². The predicted octanol–water partition coefficient (Wildman–Crippen LogP) is 5.11. The Bertz CT molecular complexity index is 789. The van der Waals surface area contributed by atoms with Crippen LogP contribution in [0.5, 0.6) is 5.75 Å². The van der Waals surface area contributed by atoms with Crippen LogP contribution in [0, 0.1) is 23.2 Å². The number of anilines is 1. The van der Waals surface area contributed by atoms with Gasteiger partial charge in [0.15, 0.2) is 0 Å². The van der Waals surface area contributed by atoms with Crippen LogP contribution in [0.15, 0.2) is 41.0 Å². The van der Waals surface area contributed by atoms with Gasteiger partial charge in [-0.1, -0.05) is 0 Å². The first-order valence-corrected chi connectivity index (χ1v) is 9.68. The number of ether oxygens (including phenoxy) is 1. The molecule has 0 spiro atoms. The molecule has 1 N–H and O–H groups in total. The first kappa shape index (κ1) is 16.0. The molecule has 1 aromatic carbocycles. The maximum absolute atomic E-state index is 13.3. The molecule has 6 rings (SSSR count). The third kappa shape index (κ3) is 2.54. The fourth-order valence-corrected chi connectivity index (χ4v) is 6.03. The molecule has 26 heavy (non-hydrogen) atoms. The zero-order valence-electron chi connectivity index (χ0n) is 15.2. The summed E-state index contributed by atoms with van der Waals surface area (Å²) in [5.74, 6) is 3.94. The van der Waals surface area contributed by atoms with E-state index in [2.05, 4.69) is 5.32 Å². The summed E-state index contributed by atoms with van der Waals surface area (Å²) in [5, 5.41) is 3.20. The van der Waals surface area contributed by atoms with Crippen LogP contribution in [0.3, 0.4) is 0 Å². The second-order valence-corrected chi connectivity index (χ2v) is 8.54. The van der Waals surface area contributed by atoms with Crippen LogP contribution in [0.1, 0.15) is 38.5 Å².